The van der Waals surface area contributed by atoms with Crippen molar-refractivity contribution in [1.29, 1.82) is 0 Å². The standard InChI is InChI=1S/C44H62N8O13/c1-5-25(4)37(52-42(62)36(24(2)3)51-38(58)28(45)22-26-12-8-6-9-13-26)43(63)49-29(16-19-33(46)53)39(59)47-30(17-20-34(54)55)40(60)48-31(18-21-35(56)57)41(61)50-32(44(64)65)23-27-14-10-7-11-15-27/h6-15,24-25,28-32,36-37H,5,16-23,45H2,1-4H3,(H2,46,53)(H,47,59)(H,48,60)(H,49,63)(H,50,61)(H,51,58)(H,52,62)(H,54,55)(H,56,57)(H,64,65)/t25-,28-,29-,30-,31-,32-,36-,37-/m0/s1. The molecule has 0 heterocycles. The highest BCUT2D eigenvalue weighted by Gasteiger charge is 2.36. The van der Waals surface area contributed by atoms with Crippen molar-refractivity contribution in [1.82, 2.24) is 31.9 Å². The third-order valence-electron chi connectivity index (χ3n) is 10.4. The molecule has 13 N–H and O–H groups in total. The molecule has 65 heavy (non-hydrogen) atoms. The Morgan fingerprint density at radius 1 is 0.508 bits per heavy atom. The van der Waals surface area contributed by atoms with Gasteiger partial charge in [-0.2, -0.15) is 0 Å². The summed E-state index contributed by atoms with van der Waals surface area (Å²) in [5.74, 6) is -11.7. The molecule has 0 radical (unpaired) electrons. The molecule has 0 saturated carbocycles. The van der Waals surface area contributed by atoms with Crippen molar-refractivity contribution >= 4 is 59.3 Å². The van der Waals surface area contributed by atoms with E-state index in [0.717, 1.165) is 5.56 Å². The van der Waals surface area contributed by atoms with Gasteiger partial charge in [-0.25, -0.2) is 4.79 Å². The summed E-state index contributed by atoms with van der Waals surface area (Å²) < 4.78 is 0. The summed E-state index contributed by atoms with van der Waals surface area (Å²) in [5.41, 5.74) is 12.9. The lowest BCUT2D eigenvalue weighted by Crippen LogP contribution is -2.61. The summed E-state index contributed by atoms with van der Waals surface area (Å²) in [5, 5.41) is 43.4. The lowest BCUT2D eigenvalue weighted by atomic mass is 9.95. The summed E-state index contributed by atoms with van der Waals surface area (Å²) >= 11 is 0. The Hall–Kier alpha value is -6.90. The molecule has 0 aliphatic carbocycles. The number of carbonyl (C=O) groups excluding carboxylic acids is 7. The predicted molar refractivity (Wildman–Crippen MR) is 234 cm³/mol. The van der Waals surface area contributed by atoms with E-state index in [-0.39, 0.29) is 12.8 Å². The van der Waals surface area contributed by atoms with Crippen molar-refractivity contribution in [3.05, 3.63) is 71.8 Å². The van der Waals surface area contributed by atoms with Crippen molar-refractivity contribution in [3.8, 4) is 0 Å². The molecule has 0 saturated heterocycles. The van der Waals surface area contributed by atoms with E-state index >= 15 is 0 Å². The maximum atomic E-state index is 14.0. The second-order valence-electron chi connectivity index (χ2n) is 16.0. The predicted octanol–water partition coefficient (Wildman–Crippen LogP) is -0.510. The van der Waals surface area contributed by atoms with Crippen LogP contribution in [0.25, 0.3) is 0 Å². The van der Waals surface area contributed by atoms with E-state index < -0.39 is 152 Å². The lowest BCUT2D eigenvalue weighted by molar-refractivity contribution is -0.143. The van der Waals surface area contributed by atoms with Gasteiger partial charge < -0.3 is 58.7 Å². The number of hydrogen-bond donors (Lipinski definition) is 11. The van der Waals surface area contributed by atoms with Crippen LogP contribution >= 0.6 is 0 Å². The fourth-order valence-corrected chi connectivity index (χ4v) is 6.46. The van der Waals surface area contributed by atoms with Gasteiger partial charge in [0.25, 0.3) is 0 Å². The van der Waals surface area contributed by atoms with Gasteiger partial charge in [-0.05, 0) is 48.6 Å². The van der Waals surface area contributed by atoms with Crippen LogP contribution in [0.15, 0.2) is 60.7 Å². The van der Waals surface area contributed by atoms with Crippen LogP contribution < -0.4 is 43.4 Å². The van der Waals surface area contributed by atoms with E-state index in [4.69, 9.17) is 11.5 Å². The lowest BCUT2D eigenvalue weighted by Gasteiger charge is -2.30. The van der Waals surface area contributed by atoms with Gasteiger partial charge in [0, 0.05) is 25.7 Å². The summed E-state index contributed by atoms with van der Waals surface area (Å²) in [6, 6.07) is 7.24. The van der Waals surface area contributed by atoms with Crippen LogP contribution in [0.2, 0.25) is 0 Å². The zero-order valence-corrected chi connectivity index (χ0v) is 36.9. The molecule has 0 aliphatic rings. The topological polar surface area (TPSA) is 356 Å². The molecule has 2 rings (SSSR count). The summed E-state index contributed by atoms with van der Waals surface area (Å²) in [4.78, 5) is 129. The van der Waals surface area contributed by atoms with Gasteiger partial charge in [-0.1, -0.05) is 94.8 Å². The Morgan fingerprint density at radius 3 is 1.29 bits per heavy atom. The van der Waals surface area contributed by atoms with E-state index in [1.807, 2.05) is 6.07 Å². The van der Waals surface area contributed by atoms with Gasteiger partial charge in [0.1, 0.15) is 36.3 Å². The molecule has 0 aromatic heterocycles. The van der Waals surface area contributed by atoms with E-state index in [1.165, 1.54) is 0 Å². The molecule has 0 fully saturated rings. The minimum Gasteiger partial charge on any atom is -0.481 e. The highest BCUT2D eigenvalue weighted by Crippen LogP contribution is 2.13. The first-order valence-corrected chi connectivity index (χ1v) is 21.2. The highest BCUT2D eigenvalue weighted by molar-refractivity contribution is 5.97. The number of nitrogens with one attached hydrogen (secondary N) is 6. The molecular weight excluding hydrogens is 849 g/mol. The van der Waals surface area contributed by atoms with Crippen LogP contribution in [0.5, 0.6) is 0 Å². The third kappa shape index (κ3) is 19.6. The Bertz CT molecular complexity index is 1970. The molecule has 0 unspecified atom stereocenters. The average molecular weight is 911 g/mol. The van der Waals surface area contributed by atoms with Gasteiger partial charge in [0.05, 0.1) is 6.04 Å². The van der Waals surface area contributed by atoms with Gasteiger partial charge in [0.2, 0.25) is 41.4 Å². The minimum atomic E-state index is -1.74. The third-order valence-corrected chi connectivity index (χ3v) is 10.4. The van der Waals surface area contributed by atoms with E-state index in [2.05, 4.69) is 31.9 Å². The molecule has 8 atom stereocenters. The average Bonchev–Trinajstić information content (AvgIpc) is 3.25. The fraction of sp³-hybridized carbons (Fsp3) is 0.500. The molecule has 7 amide bonds. The normalized spacial score (nSPS) is 14.7. The number of nitrogens with two attached hydrogens (primary N) is 2. The molecular formula is C44H62N8O13. The van der Waals surface area contributed by atoms with Gasteiger partial charge >= 0.3 is 17.9 Å². The van der Waals surface area contributed by atoms with Crippen LogP contribution in [0, 0.1) is 11.8 Å². The number of carboxylic acids is 3. The van der Waals surface area contributed by atoms with Crippen molar-refractivity contribution in [3.63, 3.8) is 0 Å². The molecule has 0 bridgehead atoms. The second-order valence-corrected chi connectivity index (χ2v) is 16.0. The summed E-state index contributed by atoms with van der Waals surface area (Å²) in [7, 11) is 0. The largest absolute Gasteiger partial charge is 0.481 e. The Morgan fingerprint density at radius 2 is 0.892 bits per heavy atom. The number of benzene rings is 2. The first-order chi connectivity index (χ1) is 30.6. The van der Waals surface area contributed by atoms with Crippen LogP contribution in [-0.4, -0.2) is 117 Å². The number of hydrogen-bond acceptors (Lipinski definition) is 11. The Kier molecular flexibility index (Phi) is 22.8. The maximum absolute atomic E-state index is 14.0. The zero-order chi connectivity index (χ0) is 48.8. The minimum absolute atomic E-state index is 0.169. The maximum Gasteiger partial charge on any atom is 0.326 e. The van der Waals surface area contributed by atoms with Crippen LogP contribution in [0.4, 0.5) is 0 Å². The smallest absolute Gasteiger partial charge is 0.326 e. The van der Waals surface area contributed by atoms with Gasteiger partial charge in [-0.3, -0.25) is 43.2 Å². The van der Waals surface area contributed by atoms with Crippen LogP contribution in [-0.2, 0) is 60.8 Å². The molecule has 2 aromatic rings. The van der Waals surface area contributed by atoms with E-state index in [1.54, 1.807) is 82.3 Å². The SMILES string of the molecule is CC[C@H](C)[C@H](NC(=O)[C@@H](NC(=O)[C@@H](N)Cc1ccccc1)C(C)C)C(=O)N[C@@H](CCC(N)=O)C(=O)N[C@@H](CCC(=O)O)C(=O)N[C@@H](CCC(=O)O)C(=O)N[C@@H](Cc1ccccc1)C(=O)O. The second kappa shape index (κ2) is 27.3. The summed E-state index contributed by atoms with van der Waals surface area (Å²) in [6.45, 7) is 6.73. The number of rotatable bonds is 29. The number of carbonyl (C=O) groups is 10. The van der Waals surface area contributed by atoms with Crippen molar-refractivity contribution in [2.45, 2.75) is 128 Å². The van der Waals surface area contributed by atoms with E-state index in [9.17, 15) is 63.3 Å². The number of amides is 7. The Balaban J connectivity index is 2.35. The van der Waals surface area contributed by atoms with Crippen molar-refractivity contribution in [2.24, 2.45) is 23.3 Å². The van der Waals surface area contributed by atoms with Crippen molar-refractivity contribution in [2.75, 3.05) is 0 Å². The van der Waals surface area contributed by atoms with E-state index in [0.29, 0.717) is 12.0 Å². The first-order valence-electron chi connectivity index (χ1n) is 21.2. The number of carboxylic acid groups (broad SMARTS) is 3. The number of aliphatic carboxylic acids is 3. The van der Waals surface area contributed by atoms with Crippen LogP contribution in [0.1, 0.15) is 83.8 Å². The highest BCUT2D eigenvalue weighted by atomic mass is 16.4. The fourth-order valence-electron chi connectivity index (χ4n) is 6.46. The number of primary amides is 1. The van der Waals surface area contributed by atoms with Gasteiger partial charge in [0.15, 0.2) is 0 Å². The quantitative estimate of drug-likeness (QED) is 0.0490. The molecule has 356 valence electrons. The monoisotopic (exact) mass is 910 g/mol. The molecule has 21 nitrogen and oxygen atoms in total. The van der Waals surface area contributed by atoms with Crippen molar-refractivity contribution < 1.29 is 63.3 Å². The molecule has 2 aromatic carbocycles. The Labute approximate surface area is 376 Å². The molecule has 21 heteroatoms. The van der Waals surface area contributed by atoms with Crippen LogP contribution in [0.3, 0.4) is 0 Å². The zero-order valence-electron chi connectivity index (χ0n) is 36.9. The molecule has 0 aliphatic heterocycles. The molecule has 0 spiro atoms. The first kappa shape index (κ1) is 54.2. The van der Waals surface area contributed by atoms with Gasteiger partial charge in [-0.15, -0.1) is 0 Å². The summed E-state index contributed by atoms with van der Waals surface area (Å²) in [6.07, 6.45) is -3.00.